The van der Waals surface area contributed by atoms with Gasteiger partial charge in [-0.05, 0) is 42.9 Å². The topological polar surface area (TPSA) is 58.6 Å². The number of thioether (sulfide) groups is 1. The molecule has 0 heterocycles. The SMILES string of the molecule is N/C(CCCCSc1ccc(Cl)cc1)=N/O. The molecule has 88 valence electrons. The van der Waals surface area contributed by atoms with Gasteiger partial charge < -0.3 is 10.9 Å². The summed E-state index contributed by atoms with van der Waals surface area (Å²) in [6.07, 6.45) is 2.64. The van der Waals surface area contributed by atoms with E-state index in [1.165, 1.54) is 4.90 Å². The first-order chi connectivity index (χ1) is 7.72. The highest BCUT2D eigenvalue weighted by Crippen LogP contribution is 2.21. The number of unbranched alkanes of at least 4 members (excludes halogenated alkanes) is 1. The maximum atomic E-state index is 8.34. The first-order valence-corrected chi connectivity index (χ1v) is 6.43. The maximum Gasteiger partial charge on any atom is 0.139 e. The molecule has 0 radical (unpaired) electrons. The van der Waals surface area contributed by atoms with Crippen LogP contribution in [0.25, 0.3) is 0 Å². The fourth-order valence-corrected chi connectivity index (χ4v) is 2.22. The molecule has 3 nitrogen and oxygen atoms in total. The van der Waals surface area contributed by atoms with Crippen LogP contribution in [0.4, 0.5) is 0 Å². The van der Waals surface area contributed by atoms with Gasteiger partial charge in [-0.2, -0.15) is 0 Å². The Kier molecular flexibility index (Phi) is 6.11. The Balaban J connectivity index is 2.14. The molecule has 16 heavy (non-hydrogen) atoms. The normalized spacial score (nSPS) is 11.7. The Morgan fingerprint density at radius 3 is 2.62 bits per heavy atom. The van der Waals surface area contributed by atoms with Crippen molar-refractivity contribution in [2.45, 2.75) is 24.2 Å². The van der Waals surface area contributed by atoms with E-state index in [9.17, 15) is 0 Å². The molecule has 0 saturated carbocycles. The van der Waals surface area contributed by atoms with Gasteiger partial charge >= 0.3 is 0 Å². The highest BCUT2D eigenvalue weighted by atomic mass is 35.5. The van der Waals surface area contributed by atoms with E-state index in [0.717, 1.165) is 23.6 Å². The van der Waals surface area contributed by atoms with E-state index < -0.39 is 0 Å². The summed E-state index contributed by atoms with van der Waals surface area (Å²) < 4.78 is 0. The molecule has 0 unspecified atom stereocenters. The Labute approximate surface area is 105 Å². The smallest absolute Gasteiger partial charge is 0.139 e. The number of nitrogens with zero attached hydrogens (tertiary/aromatic N) is 1. The lowest BCUT2D eigenvalue weighted by Crippen LogP contribution is -2.10. The van der Waals surface area contributed by atoms with Gasteiger partial charge in [-0.15, -0.1) is 11.8 Å². The van der Waals surface area contributed by atoms with Crippen LogP contribution in [-0.2, 0) is 0 Å². The summed E-state index contributed by atoms with van der Waals surface area (Å²) in [5.41, 5.74) is 5.36. The van der Waals surface area contributed by atoms with Crippen molar-refractivity contribution >= 4 is 29.2 Å². The van der Waals surface area contributed by atoms with Crippen molar-refractivity contribution in [3.05, 3.63) is 29.3 Å². The van der Waals surface area contributed by atoms with Crippen molar-refractivity contribution in [1.29, 1.82) is 0 Å². The summed E-state index contributed by atoms with van der Waals surface area (Å²) in [6.45, 7) is 0. The van der Waals surface area contributed by atoms with Crippen molar-refractivity contribution in [2.24, 2.45) is 10.9 Å². The molecule has 0 amide bonds. The Hall–Kier alpha value is -0.870. The van der Waals surface area contributed by atoms with E-state index >= 15 is 0 Å². The largest absolute Gasteiger partial charge is 0.409 e. The van der Waals surface area contributed by atoms with E-state index in [1.54, 1.807) is 11.8 Å². The summed E-state index contributed by atoms with van der Waals surface area (Å²) in [4.78, 5) is 1.22. The van der Waals surface area contributed by atoms with Gasteiger partial charge in [0.1, 0.15) is 5.84 Å². The van der Waals surface area contributed by atoms with Gasteiger partial charge in [0.25, 0.3) is 0 Å². The van der Waals surface area contributed by atoms with Crippen LogP contribution < -0.4 is 5.73 Å². The third-order valence-electron chi connectivity index (χ3n) is 2.04. The van der Waals surface area contributed by atoms with E-state index in [2.05, 4.69) is 5.16 Å². The number of oxime groups is 1. The molecule has 0 atom stereocenters. The monoisotopic (exact) mass is 258 g/mol. The van der Waals surface area contributed by atoms with Crippen molar-refractivity contribution in [2.75, 3.05) is 5.75 Å². The number of nitrogens with two attached hydrogens (primary N) is 1. The van der Waals surface area contributed by atoms with Crippen LogP contribution in [0.1, 0.15) is 19.3 Å². The van der Waals surface area contributed by atoms with Crippen LogP contribution in [-0.4, -0.2) is 16.8 Å². The Morgan fingerprint density at radius 2 is 2.00 bits per heavy atom. The van der Waals surface area contributed by atoms with Gasteiger partial charge in [-0.3, -0.25) is 0 Å². The number of halogens is 1. The molecule has 0 bridgehead atoms. The van der Waals surface area contributed by atoms with E-state index in [1.807, 2.05) is 24.3 Å². The second kappa shape index (κ2) is 7.41. The van der Waals surface area contributed by atoms with Crippen LogP contribution in [0.15, 0.2) is 34.3 Å². The molecular formula is C11H15ClN2OS. The van der Waals surface area contributed by atoms with Gasteiger partial charge in [0, 0.05) is 16.3 Å². The zero-order chi connectivity index (χ0) is 11.8. The van der Waals surface area contributed by atoms with Gasteiger partial charge in [-0.25, -0.2) is 0 Å². The molecule has 5 heteroatoms. The molecule has 3 N–H and O–H groups in total. The molecule has 0 aliphatic carbocycles. The zero-order valence-electron chi connectivity index (χ0n) is 8.90. The molecule has 1 rings (SSSR count). The number of amidine groups is 1. The fourth-order valence-electron chi connectivity index (χ4n) is 1.18. The number of benzene rings is 1. The summed E-state index contributed by atoms with van der Waals surface area (Å²) in [5.74, 6) is 1.33. The predicted molar refractivity (Wildman–Crippen MR) is 69.4 cm³/mol. The lowest BCUT2D eigenvalue weighted by molar-refractivity contribution is 0.316. The van der Waals surface area contributed by atoms with Crippen molar-refractivity contribution in [1.82, 2.24) is 0 Å². The van der Waals surface area contributed by atoms with Gasteiger partial charge in [0.2, 0.25) is 0 Å². The maximum absolute atomic E-state index is 8.34. The lowest BCUT2D eigenvalue weighted by atomic mass is 10.2. The van der Waals surface area contributed by atoms with Crippen LogP contribution in [0.5, 0.6) is 0 Å². The van der Waals surface area contributed by atoms with Crippen molar-refractivity contribution in [3.63, 3.8) is 0 Å². The Morgan fingerprint density at radius 1 is 1.31 bits per heavy atom. The first-order valence-electron chi connectivity index (χ1n) is 5.07. The Bertz CT molecular complexity index is 340. The highest BCUT2D eigenvalue weighted by molar-refractivity contribution is 7.99. The van der Waals surface area contributed by atoms with Crippen LogP contribution in [0.3, 0.4) is 0 Å². The molecule has 1 aromatic carbocycles. The fraction of sp³-hybridized carbons (Fsp3) is 0.364. The number of hydrogen-bond acceptors (Lipinski definition) is 3. The minimum Gasteiger partial charge on any atom is -0.409 e. The first kappa shape index (κ1) is 13.2. The van der Waals surface area contributed by atoms with Gasteiger partial charge in [-0.1, -0.05) is 16.8 Å². The average molecular weight is 259 g/mol. The molecule has 1 aromatic rings. The summed E-state index contributed by atoms with van der Waals surface area (Å²) in [6, 6.07) is 7.80. The molecule has 0 saturated heterocycles. The average Bonchev–Trinajstić information content (AvgIpc) is 2.31. The zero-order valence-corrected chi connectivity index (χ0v) is 10.5. The van der Waals surface area contributed by atoms with Gasteiger partial charge in [0.15, 0.2) is 0 Å². The molecule has 0 fully saturated rings. The highest BCUT2D eigenvalue weighted by Gasteiger charge is 1.96. The van der Waals surface area contributed by atoms with Crippen molar-refractivity contribution < 1.29 is 5.21 Å². The minimum atomic E-state index is 0.302. The quantitative estimate of drug-likeness (QED) is 0.205. The lowest BCUT2D eigenvalue weighted by Gasteiger charge is -2.01. The molecule has 0 aromatic heterocycles. The summed E-state index contributed by atoms with van der Waals surface area (Å²) in [5, 5.41) is 12.0. The van der Waals surface area contributed by atoms with E-state index in [0.29, 0.717) is 12.3 Å². The van der Waals surface area contributed by atoms with E-state index in [4.69, 9.17) is 22.5 Å². The van der Waals surface area contributed by atoms with E-state index in [-0.39, 0.29) is 0 Å². The molecule has 0 aliphatic heterocycles. The minimum absolute atomic E-state index is 0.302. The standard InChI is InChI=1S/C11H15ClN2OS/c12-9-4-6-10(7-5-9)16-8-2-1-3-11(13)14-15/h4-7,15H,1-3,8H2,(H2,13,14). The predicted octanol–water partition coefficient (Wildman–Crippen LogP) is 3.35. The van der Waals surface area contributed by atoms with Crippen molar-refractivity contribution in [3.8, 4) is 0 Å². The van der Waals surface area contributed by atoms with Crippen LogP contribution in [0.2, 0.25) is 5.02 Å². The molecule has 0 aliphatic rings. The van der Waals surface area contributed by atoms with Crippen LogP contribution >= 0.6 is 23.4 Å². The second-order valence-corrected chi connectivity index (χ2v) is 4.96. The molecular weight excluding hydrogens is 244 g/mol. The third kappa shape index (κ3) is 5.28. The number of rotatable bonds is 6. The number of hydrogen-bond donors (Lipinski definition) is 2. The summed E-state index contributed by atoms with van der Waals surface area (Å²) >= 11 is 7.57. The second-order valence-electron chi connectivity index (χ2n) is 3.35. The van der Waals surface area contributed by atoms with Gasteiger partial charge in [0.05, 0.1) is 0 Å². The summed E-state index contributed by atoms with van der Waals surface area (Å²) in [7, 11) is 0. The van der Waals surface area contributed by atoms with Crippen LogP contribution in [0, 0.1) is 0 Å². The third-order valence-corrected chi connectivity index (χ3v) is 3.39. The molecule has 0 spiro atoms.